The highest BCUT2D eigenvalue weighted by molar-refractivity contribution is 5.96. The summed E-state index contributed by atoms with van der Waals surface area (Å²) >= 11 is 0. The van der Waals surface area contributed by atoms with Crippen LogP contribution < -0.4 is 22.1 Å². The molecule has 0 amide bonds. The van der Waals surface area contributed by atoms with Crippen LogP contribution in [0.15, 0.2) is 53.5 Å². The number of hydrogen-bond acceptors (Lipinski definition) is 7. The number of ether oxygens (including phenoxy) is 1. The third kappa shape index (κ3) is 15.2. The molecule has 0 atom stereocenters. The number of benzene rings is 2. The predicted molar refractivity (Wildman–Crippen MR) is 135 cm³/mol. The van der Waals surface area contributed by atoms with Crippen molar-refractivity contribution in [2.45, 2.75) is 18.8 Å². The number of carbonyl (C=O) groups excluding carboxylic acids is 1. The van der Waals surface area contributed by atoms with Crippen molar-refractivity contribution in [3.63, 3.8) is 0 Å². The maximum atomic E-state index is 11.8. The Balaban J connectivity index is 0.000000941. The van der Waals surface area contributed by atoms with Gasteiger partial charge in [0.25, 0.3) is 0 Å². The lowest BCUT2D eigenvalue weighted by molar-refractivity contribution is -0.193. The molecule has 2 aromatic rings. The molecule has 0 spiro atoms. The number of carbonyl (C=O) groups is 3. The van der Waals surface area contributed by atoms with Crippen LogP contribution in [0.5, 0.6) is 0 Å². The first kappa shape index (κ1) is 36.0. The van der Waals surface area contributed by atoms with Gasteiger partial charge in [0.1, 0.15) is 12.4 Å². The second-order valence-electron chi connectivity index (χ2n) is 7.52. The quantitative estimate of drug-likeness (QED) is 0.113. The highest BCUT2D eigenvalue weighted by atomic mass is 19.4. The third-order valence-electron chi connectivity index (χ3n) is 4.42. The minimum absolute atomic E-state index is 0.0114. The van der Waals surface area contributed by atoms with Gasteiger partial charge in [-0.3, -0.25) is 10.2 Å². The Bertz CT molecular complexity index is 1190. The van der Waals surface area contributed by atoms with Crippen LogP contribution in [-0.2, 0) is 25.5 Å². The number of nitrogens with two attached hydrogens (primary N) is 3. The van der Waals surface area contributed by atoms with E-state index in [1.807, 2.05) is 35.2 Å². The Morgan fingerprint density at radius 2 is 1.41 bits per heavy atom. The first-order chi connectivity index (χ1) is 18.8. The number of hydrogen-bond donors (Lipinski definition) is 6. The molecule has 0 saturated carbocycles. The molecule has 0 aromatic heterocycles. The summed E-state index contributed by atoms with van der Waals surface area (Å²) in [6.07, 6.45) is -9.47. The Morgan fingerprint density at radius 3 is 1.80 bits per heavy atom. The van der Waals surface area contributed by atoms with Gasteiger partial charge in [-0.15, -0.1) is 0 Å². The number of esters is 1. The number of carboxylic acid groups (broad SMARTS) is 2. The maximum Gasteiger partial charge on any atom is 0.490 e. The van der Waals surface area contributed by atoms with E-state index in [0.717, 1.165) is 11.3 Å². The summed E-state index contributed by atoms with van der Waals surface area (Å²) in [5.74, 6) is -5.87. The third-order valence-corrected chi connectivity index (χ3v) is 4.42. The lowest BCUT2D eigenvalue weighted by atomic mass is 10.1. The Kier molecular flexibility index (Phi) is 14.2. The number of halogens is 6. The normalized spacial score (nSPS) is 10.5. The summed E-state index contributed by atoms with van der Waals surface area (Å²) in [6.45, 7) is 0.683. The van der Waals surface area contributed by atoms with Gasteiger partial charge >= 0.3 is 30.3 Å². The fraction of sp³-hybridized carbons (Fsp3) is 0.261. The van der Waals surface area contributed by atoms with E-state index in [1.54, 1.807) is 18.2 Å². The van der Waals surface area contributed by atoms with E-state index < -0.39 is 24.3 Å². The Labute approximate surface area is 228 Å². The second kappa shape index (κ2) is 16.2. The summed E-state index contributed by atoms with van der Waals surface area (Å²) in [6, 6.07) is 14.7. The van der Waals surface area contributed by atoms with E-state index in [1.165, 1.54) is 7.11 Å². The molecule has 0 bridgehead atoms. The molecule has 0 saturated heterocycles. The van der Waals surface area contributed by atoms with Crippen molar-refractivity contribution < 1.29 is 55.7 Å². The van der Waals surface area contributed by atoms with Gasteiger partial charge in [-0.2, -0.15) is 26.3 Å². The number of nitrogens with one attached hydrogen (secondary N) is 1. The van der Waals surface area contributed by atoms with E-state index in [9.17, 15) is 31.1 Å². The zero-order chi connectivity index (χ0) is 32.0. The molecule has 0 aliphatic rings. The number of nitrogen functional groups attached to an aromatic ring is 1. The van der Waals surface area contributed by atoms with Crippen molar-refractivity contribution in [1.82, 2.24) is 0 Å². The van der Waals surface area contributed by atoms with Gasteiger partial charge < -0.3 is 37.1 Å². The average molecular weight is 596 g/mol. The molecule has 0 fully saturated rings. The Hall–Kier alpha value is -5.03. The van der Waals surface area contributed by atoms with Crippen LogP contribution in [-0.4, -0.2) is 72.5 Å². The van der Waals surface area contributed by atoms with E-state index >= 15 is 0 Å². The predicted octanol–water partition coefficient (Wildman–Crippen LogP) is 2.36. The van der Waals surface area contributed by atoms with Crippen molar-refractivity contribution in [2.75, 3.05) is 25.1 Å². The van der Waals surface area contributed by atoms with Crippen molar-refractivity contribution >= 4 is 41.1 Å². The second-order valence-corrected chi connectivity index (χ2v) is 7.52. The smallest absolute Gasteiger partial charge is 0.475 e. The van der Waals surface area contributed by atoms with Crippen LogP contribution in [0.3, 0.4) is 0 Å². The van der Waals surface area contributed by atoms with Crippen molar-refractivity contribution in [3.05, 3.63) is 59.7 Å². The minimum atomic E-state index is -5.08. The summed E-state index contributed by atoms with van der Waals surface area (Å²) in [5, 5.41) is 21.8. The minimum Gasteiger partial charge on any atom is -0.475 e. The van der Waals surface area contributed by atoms with Gasteiger partial charge in [-0.05, 0) is 36.2 Å². The SMILES string of the molecule is COC(=O)CN(CCc1ccc(N=C(N)N)cc1)c1cccc(C(=N)N)c1.O=C(O)C(F)(F)F.O=C(O)C(F)(F)F. The number of amidine groups is 1. The van der Waals surface area contributed by atoms with E-state index in [4.69, 9.17) is 47.1 Å². The molecule has 0 heterocycles. The van der Waals surface area contributed by atoms with Crippen LogP contribution in [0.25, 0.3) is 0 Å². The molecule has 226 valence electrons. The van der Waals surface area contributed by atoms with Crippen molar-refractivity contribution in [1.29, 1.82) is 5.41 Å². The average Bonchev–Trinajstić information content (AvgIpc) is 2.86. The fourth-order valence-electron chi connectivity index (χ4n) is 2.54. The highest BCUT2D eigenvalue weighted by Crippen LogP contribution is 2.19. The lowest BCUT2D eigenvalue weighted by Crippen LogP contribution is -2.32. The number of rotatable bonds is 8. The van der Waals surface area contributed by atoms with Crippen molar-refractivity contribution in [2.24, 2.45) is 22.2 Å². The number of methoxy groups -OCH3 is 1. The van der Waals surface area contributed by atoms with Gasteiger partial charge in [-0.25, -0.2) is 14.6 Å². The van der Waals surface area contributed by atoms with E-state index in [0.29, 0.717) is 24.2 Å². The molecule has 0 radical (unpaired) electrons. The summed E-state index contributed by atoms with van der Waals surface area (Å²) in [4.78, 5) is 35.5. The van der Waals surface area contributed by atoms with Crippen LogP contribution in [0.1, 0.15) is 11.1 Å². The number of aliphatic carboxylic acids is 2. The molecular weight excluding hydrogens is 570 g/mol. The first-order valence-corrected chi connectivity index (χ1v) is 10.8. The molecule has 18 heteroatoms. The zero-order valence-corrected chi connectivity index (χ0v) is 21.2. The van der Waals surface area contributed by atoms with Gasteiger partial charge in [0.05, 0.1) is 12.8 Å². The first-order valence-electron chi connectivity index (χ1n) is 10.8. The van der Waals surface area contributed by atoms with Gasteiger partial charge in [-0.1, -0.05) is 24.3 Å². The van der Waals surface area contributed by atoms with Gasteiger partial charge in [0.2, 0.25) is 0 Å². The van der Waals surface area contributed by atoms with Crippen LogP contribution >= 0.6 is 0 Å². The molecule has 9 N–H and O–H groups in total. The summed E-state index contributed by atoms with van der Waals surface area (Å²) in [7, 11) is 1.36. The van der Waals surface area contributed by atoms with Crippen molar-refractivity contribution in [3.8, 4) is 0 Å². The van der Waals surface area contributed by atoms with Gasteiger partial charge in [0, 0.05) is 17.8 Å². The van der Waals surface area contributed by atoms with E-state index in [2.05, 4.69) is 4.99 Å². The lowest BCUT2D eigenvalue weighted by Gasteiger charge is -2.24. The molecule has 2 aromatic carbocycles. The molecule has 0 aliphatic heterocycles. The van der Waals surface area contributed by atoms with E-state index in [-0.39, 0.29) is 24.3 Å². The standard InChI is InChI=1S/C19H24N6O2.2C2HF3O2/c1-27-17(26)12-25(16-4-2-3-14(11-16)18(20)21)10-9-13-5-7-15(8-6-13)24-19(22)23;2*3-2(4,5)1(6)7/h2-8,11H,9-10,12H2,1H3,(H3,20,21)(H4,22,23,24);2*(H,6,7). The number of carboxylic acids is 2. The van der Waals surface area contributed by atoms with Crippen LogP contribution in [0.4, 0.5) is 37.7 Å². The number of aliphatic imine (C=N–C) groups is 1. The number of nitrogens with zero attached hydrogens (tertiary/aromatic N) is 2. The largest absolute Gasteiger partial charge is 0.490 e. The maximum absolute atomic E-state index is 11.8. The highest BCUT2D eigenvalue weighted by Gasteiger charge is 2.38. The fourth-order valence-corrected chi connectivity index (χ4v) is 2.54. The Morgan fingerprint density at radius 1 is 0.927 bits per heavy atom. The number of guanidine groups is 1. The summed E-state index contributed by atoms with van der Waals surface area (Å²) < 4.78 is 68.3. The van der Waals surface area contributed by atoms with Gasteiger partial charge in [0.15, 0.2) is 5.96 Å². The molecule has 2 rings (SSSR count). The summed E-state index contributed by atoms with van der Waals surface area (Å²) in [5.41, 5.74) is 19.5. The number of alkyl halides is 6. The molecule has 41 heavy (non-hydrogen) atoms. The molecule has 0 aliphatic carbocycles. The van der Waals surface area contributed by atoms with Crippen LogP contribution in [0, 0.1) is 5.41 Å². The molecular formula is C23H26F6N6O6. The van der Waals surface area contributed by atoms with Crippen LogP contribution in [0.2, 0.25) is 0 Å². The number of anilines is 1. The zero-order valence-electron chi connectivity index (χ0n) is 21.2. The monoisotopic (exact) mass is 596 g/mol. The molecule has 12 nitrogen and oxygen atoms in total. The molecule has 0 unspecified atom stereocenters. The topological polar surface area (TPSA) is 218 Å².